The number of rotatable bonds is 7. The van der Waals surface area contributed by atoms with Gasteiger partial charge in [-0.05, 0) is 39.8 Å². The van der Waals surface area contributed by atoms with Crippen LogP contribution in [0.4, 0.5) is 0 Å². The highest BCUT2D eigenvalue weighted by atomic mass is 127. The Hall–Kier alpha value is -1.93. The lowest BCUT2D eigenvalue weighted by Gasteiger charge is -2.20. The molecule has 0 aromatic heterocycles. The van der Waals surface area contributed by atoms with Crippen LogP contribution in [0.5, 0.6) is 0 Å². The fourth-order valence-electron chi connectivity index (χ4n) is 2.35. The summed E-state index contributed by atoms with van der Waals surface area (Å²) in [6, 6.07) is 15.4. The van der Waals surface area contributed by atoms with Gasteiger partial charge in [0.05, 0.1) is 0 Å². The number of nitrogens with one attached hydrogen (secondary N) is 1. The van der Waals surface area contributed by atoms with Gasteiger partial charge in [0.25, 0.3) is 5.91 Å². The summed E-state index contributed by atoms with van der Waals surface area (Å²) < 4.78 is 6.21. The normalized spacial score (nSPS) is 13.1. The highest BCUT2D eigenvalue weighted by Crippen LogP contribution is 2.18. The smallest absolute Gasteiger partial charge is 0.326 e. The van der Waals surface area contributed by atoms with E-state index >= 15 is 0 Å². The van der Waals surface area contributed by atoms with E-state index in [0.717, 1.165) is 9.13 Å². The Bertz CT molecular complexity index is 705. The first-order valence-electron chi connectivity index (χ1n) is 7.37. The number of halogens is 1. The number of carbonyl (C=O) groups is 2. The second-order valence-electron chi connectivity index (χ2n) is 5.22. The van der Waals surface area contributed by atoms with Gasteiger partial charge in [-0.15, -0.1) is 0 Å². The largest absolute Gasteiger partial charge is 0.480 e. The third-order valence-corrected chi connectivity index (χ3v) is 4.63. The summed E-state index contributed by atoms with van der Waals surface area (Å²) >= 11 is 2.15. The number of ether oxygens (including phenoxy) is 1. The number of amides is 1. The number of carboxylic acid groups (broad SMARTS) is 1. The maximum absolute atomic E-state index is 12.5. The van der Waals surface area contributed by atoms with E-state index in [4.69, 9.17) is 4.74 Å². The average molecular weight is 439 g/mol. The number of methoxy groups -OCH3 is 1. The third kappa shape index (κ3) is 4.78. The van der Waals surface area contributed by atoms with Gasteiger partial charge in [-0.25, -0.2) is 4.79 Å². The van der Waals surface area contributed by atoms with Crippen LogP contribution in [0.25, 0.3) is 0 Å². The number of hydrogen-bond acceptors (Lipinski definition) is 3. The molecule has 0 aliphatic rings. The van der Waals surface area contributed by atoms with Gasteiger partial charge < -0.3 is 15.2 Å². The fourth-order valence-corrected chi connectivity index (χ4v) is 2.96. The van der Waals surface area contributed by atoms with Gasteiger partial charge in [0.15, 0.2) is 6.10 Å². The van der Waals surface area contributed by atoms with Gasteiger partial charge in [-0.2, -0.15) is 0 Å². The molecule has 0 heterocycles. The molecule has 0 bridgehead atoms. The van der Waals surface area contributed by atoms with Gasteiger partial charge in [-0.1, -0.05) is 48.5 Å². The molecule has 0 radical (unpaired) electrons. The minimum atomic E-state index is -1.08. The summed E-state index contributed by atoms with van der Waals surface area (Å²) in [5.74, 6) is -1.55. The molecule has 0 spiro atoms. The second kappa shape index (κ2) is 8.79. The van der Waals surface area contributed by atoms with Gasteiger partial charge in [-0.3, -0.25) is 4.79 Å². The quantitative estimate of drug-likeness (QED) is 0.651. The van der Waals surface area contributed by atoms with Crippen LogP contribution < -0.4 is 5.32 Å². The minimum absolute atomic E-state index is 0.214. The van der Waals surface area contributed by atoms with Crippen molar-refractivity contribution in [2.45, 2.75) is 18.6 Å². The molecular formula is C18H18INO4. The summed E-state index contributed by atoms with van der Waals surface area (Å²) in [7, 11) is 1.42. The van der Waals surface area contributed by atoms with E-state index in [1.807, 2.05) is 30.3 Å². The first-order chi connectivity index (χ1) is 11.5. The molecule has 1 amide bonds. The Morgan fingerprint density at radius 1 is 1.12 bits per heavy atom. The lowest BCUT2D eigenvalue weighted by molar-refractivity contribution is -0.144. The second-order valence-corrected chi connectivity index (χ2v) is 6.38. The van der Waals surface area contributed by atoms with Crippen LogP contribution in [0.1, 0.15) is 17.2 Å². The van der Waals surface area contributed by atoms with Crippen molar-refractivity contribution in [1.82, 2.24) is 5.32 Å². The molecule has 0 fully saturated rings. The zero-order chi connectivity index (χ0) is 17.5. The fraction of sp³-hybridized carbons (Fsp3) is 0.222. The van der Waals surface area contributed by atoms with Crippen LogP contribution in [0.3, 0.4) is 0 Å². The van der Waals surface area contributed by atoms with Crippen molar-refractivity contribution in [3.63, 3.8) is 0 Å². The predicted molar refractivity (Wildman–Crippen MR) is 98.6 cm³/mol. The minimum Gasteiger partial charge on any atom is -0.480 e. The van der Waals surface area contributed by atoms with Crippen LogP contribution >= 0.6 is 22.6 Å². The molecule has 24 heavy (non-hydrogen) atoms. The van der Waals surface area contributed by atoms with E-state index in [1.165, 1.54) is 7.11 Å². The summed E-state index contributed by atoms with van der Waals surface area (Å²) in [5.41, 5.74) is 1.55. The van der Waals surface area contributed by atoms with E-state index in [-0.39, 0.29) is 6.42 Å². The van der Waals surface area contributed by atoms with Crippen molar-refractivity contribution in [1.29, 1.82) is 0 Å². The molecular weight excluding hydrogens is 421 g/mol. The molecule has 2 aromatic carbocycles. The Morgan fingerprint density at radius 2 is 1.75 bits per heavy atom. The van der Waals surface area contributed by atoms with Gasteiger partial charge >= 0.3 is 5.97 Å². The van der Waals surface area contributed by atoms with E-state index in [1.54, 1.807) is 24.3 Å². The molecule has 0 saturated heterocycles. The molecule has 2 N–H and O–H groups in total. The topological polar surface area (TPSA) is 75.6 Å². The van der Waals surface area contributed by atoms with Crippen LogP contribution in [-0.4, -0.2) is 30.1 Å². The third-order valence-electron chi connectivity index (χ3n) is 3.57. The number of carboxylic acids is 1. The van der Waals surface area contributed by atoms with Crippen molar-refractivity contribution in [3.05, 3.63) is 69.3 Å². The van der Waals surface area contributed by atoms with E-state index in [0.29, 0.717) is 5.56 Å². The SMILES string of the molecule is CO[C@@H](C(=O)N[C@@H](Cc1ccccc1I)C(=O)O)c1ccccc1. The highest BCUT2D eigenvalue weighted by Gasteiger charge is 2.26. The number of aliphatic carboxylic acids is 1. The summed E-state index contributed by atoms with van der Waals surface area (Å²) in [6.45, 7) is 0. The summed E-state index contributed by atoms with van der Waals surface area (Å²) in [6.07, 6.45) is -0.631. The molecule has 2 rings (SSSR count). The molecule has 0 unspecified atom stereocenters. The molecule has 126 valence electrons. The molecule has 2 aromatic rings. The van der Waals surface area contributed by atoms with E-state index in [2.05, 4.69) is 27.9 Å². The van der Waals surface area contributed by atoms with Crippen LogP contribution in [0.15, 0.2) is 54.6 Å². The monoisotopic (exact) mass is 439 g/mol. The Kier molecular flexibility index (Phi) is 6.74. The van der Waals surface area contributed by atoms with Crippen molar-refractivity contribution < 1.29 is 19.4 Å². The van der Waals surface area contributed by atoms with Crippen LogP contribution in [-0.2, 0) is 20.7 Å². The highest BCUT2D eigenvalue weighted by molar-refractivity contribution is 14.1. The maximum atomic E-state index is 12.5. The molecule has 0 aliphatic carbocycles. The predicted octanol–water partition coefficient (Wildman–Crippen LogP) is 2.79. The molecule has 2 atom stereocenters. The number of benzene rings is 2. The zero-order valence-electron chi connectivity index (χ0n) is 13.1. The maximum Gasteiger partial charge on any atom is 0.326 e. The van der Waals surface area contributed by atoms with E-state index < -0.39 is 24.0 Å². The molecule has 5 nitrogen and oxygen atoms in total. The van der Waals surface area contributed by atoms with Crippen molar-refractivity contribution in [2.75, 3.05) is 7.11 Å². The Morgan fingerprint density at radius 3 is 2.33 bits per heavy atom. The number of hydrogen-bond donors (Lipinski definition) is 2. The zero-order valence-corrected chi connectivity index (χ0v) is 15.3. The van der Waals surface area contributed by atoms with Gasteiger partial charge in [0.2, 0.25) is 0 Å². The standard InChI is InChI=1S/C18H18INO4/c1-24-16(12-7-3-2-4-8-12)17(21)20-15(18(22)23)11-13-9-5-6-10-14(13)19/h2-10,15-16H,11H2,1H3,(H,20,21)(H,22,23)/t15-,16+/m0/s1. The Labute approximate surface area is 154 Å². The van der Waals surface area contributed by atoms with Crippen LogP contribution in [0.2, 0.25) is 0 Å². The molecule has 0 aliphatic heterocycles. The van der Waals surface area contributed by atoms with Gasteiger partial charge in [0.1, 0.15) is 6.04 Å². The van der Waals surface area contributed by atoms with E-state index in [9.17, 15) is 14.7 Å². The number of carbonyl (C=O) groups excluding carboxylic acids is 1. The van der Waals surface area contributed by atoms with Crippen LogP contribution in [0, 0.1) is 3.57 Å². The first kappa shape index (κ1) is 18.4. The average Bonchev–Trinajstić information content (AvgIpc) is 2.57. The molecule has 0 saturated carbocycles. The lowest BCUT2D eigenvalue weighted by Crippen LogP contribution is -2.44. The molecule has 6 heteroatoms. The first-order valence-corrected chi connectivity index (χ1v) is 8.45. The van der Waals surface area contributed by atoms with Crippen molar-refractivity contribution in [2.24, 2.45) is 0 Å². The summed E-state index contributed by atoms with van der Waals surface area (Å²) in [4.78, 5) is 24.0. The lowest BCUT2D eigenvalue weighted by atomic mass is 10.0. The summed E-state index contributed by atoms with van der Waals surface area (Å²) in [5, 5.41) is 12.0. The van der Waals surface area contributed by atoms with Gasteiger partial charge in [0, 0.05) is 17.1 Å². The van der Waals surface area contributed by atoms with Crippen molar-refractivity contribution >= 4 is 34.5 Å². The Balaban J connectivity index is 2.13. The van der Waals surface area contributed by atoms with Crippen molar-refractivity contribution in [3.8, 4) is 0 Å².